The Balaban J connectivity index is 4.23. The Morgan fingerprint density at radius 3 is 1.44 bits per heavy atom. The van der Waals surface area contributed by atoms with Gasteiger partial charge in [0.25, 0.3) is 0 Å². The molecule has 0 rings (SSSR count). The summed E-state index contributed by atoms with van der Waals surface area (Å²) in [4.78, 5) is 37.0. The van der Waals surface area contributed by atoms with Crippen molar-refractivity contribution in [2.75, 3.05) is 41.0 Å². The zero-order valence-corrected chi connectivity index (χ0v) is 39.0. The molecular formula is C51H92NO7+. The monoisotopic (exact) mass is 831 g/mol. The highest BCUT2D eigenvalue weighted by atomic mass is 16.6. The fourth-order valence-electron chi connectivity index (χ4n) is 7.03. The Morgan fingerprint density at radius 1 is 0.525 bits per heavy atom. The number of aliphatic carboxylic acids is 1. The van der Waals surface area contributed by atoms with Crippen LogP contribution in [0.1, 0.15) is 206 Å². The number of unbranched alkanes of at least 4 members (excludes halogenated alkanes) is 23. The van der Waals surface area contributed by atoms with E-state index in [2.05, 4.69) is 56.4 Å². The van der Waals surface area contributed by atoms with Gasteiger partial charge < -0.3 is 23.8 Å². The van der Waals surface area contributed by atoms with Crippen LogP contribution in [0, 0.1) is 0 Å². The smallest absolute Gasteiger partial charge is 0.362 e. The van der Waals surface area contributed by atoms with Crippen LogP contribution >= 0.6 is 0 Å². The zero-order valence-electron chi connectivity index (χ0n) is 39.0. The highest BCUT2D eigenvalue weighted by molar-refractivity contribution is 5.72. The normalized spacial score (nSPS) is 13.3. The van der Waals surface area contributed by atoms with Gasteiger partial charge in [0.05, 0.1) is 34.4 Å². The third-order valence-electron chi connectivity index (χ3n) is 10.8. The minimum absolute atomic E-state index is 0.0509. The van der Waals surface area contributed by atoms with Gasteiger partial charge in [0.15, 0.2) is 12.1 Å². The summed E-state index contributed by atoms with van der Waals surface area (Å²) in [5.41, 5.74) is 0. The van der Waals surface area contributed by atoms with Crippen molar-refractivity contribution in [2.24, 2.45) is 0 Å². The number of likely N-dealkylation sites (N-methyl/N-ethyl adjacent to an activating group) is 1. The number of nitrogens with zero attached hydrogens (tertiary/aromatic N) is 1. The second-order valence-corrected chi connectivity index (χ2v) is 17.4. The summed E-state index contributed by atoms with van der Waals surface area (Å²) >= 11 is 0. The first-order valence-corrected chi connectivity index (χ1v) is 24.2. The predicted molar refractivity (Wildman–Crippen MR) is 248 cm³/mol. The summed E-state index contributed by atoms with van der Waals surface area (Å²) < 4.78 is 17.3. The van der Waals surface area contributed by atoms with Gasteiger partial charge in [0, 0.05) is 19.3 Å². The molecule has 0 bridgehead atoms. The van der Waals surface area contributed by atoms with Crippen molar-refractivity contribution in [3.8, 4) is 0 Å². The second-order valence-electron chi connectivity index (χ2n) is 17.4. The number of allylic oxidation sites excluding steroid dienone is 8. The summed E-state index contributed by atoms with van der Waals surface area (Å²) in [7, 11) is 5.52. The van der Waals surface area contributed by atoms with Gasteiger partial charge in [-0.25, -0.2) is 4.79 Å². The molecule has 8 heteroatoms. The number of quaternary nitrogens is 1. The molecule has 8 nitrogen and oxygen atoms in total. The Labute approximate surface area is 363 Å². The lowest BCUT2D eigenvalue weighted by atomic mass is 10.0. The molecule has 1 N–H and O–H groups in total. The molecule has 2 atom stereocenters. The number of ether oxygens (including phenoxy) is 3. The highest BCUT2D eigenvalue weighted by Gasteiger charge is 2.31. The average Bonchev–Trinajstić information content (AvgIpc) is 3.19. The van der Waals surface area contributed by atoms with Crippen molar-refractivity contribution in [2.45, 2.75) is 219 Å². The van der Waals surface area contributed by atoms with Gasteiger partial charge in [-0.05, 0) is 57.8 Å². The third-order valence-corrected chi connectivity index (χ3v) is 10.8. The van der Waals surface area contributed by atoms with E-state index in [1.807, 2.05) is 27.2 Å². The molecule has 0 aromatic rings. The van der Waals surface area contributed by atoms with E-state index in [1.54, 1.807) is 0 Å². The van der Waals surface area contributed by atoms with Gasteiger partial charge in [-0.15, -0.1) is 0 Å². The van der Waals surface area contributed by atoms with E-state index in [1.165, 1.54) is 109 Å². The van der Waals surface area contributed by atoms with E-state index in [-0.39, 0.29) is 36.2 Å². The number of carboxylic acids is 1. The number of carboxylic acid groups (broad SMARTS) is 1. The molecule has 0 aliphatic heterocycles. The number of hydrogen-bond donors (Lipinski definition) is 1. The molecule has 0 fully saturated rings. The summed E-state index contributed by atoms with van der Waals surface area (Å²) in [5, 5.41) is 9.63. The molecule has 0 aromatic carbocycles. The Kier molecular flexibility index (Phi) is 40.1. The summed E-state index contributed by atoms with van der Waals surface area (Å²) in [6.07, 6.45) is 50.2. The first kappa shape index (κ1) is 56.3. The largest absolute Gasteiger partial charge is 0.477 e. The van der Waals surface area contributed by atoms with Gasteiger partial charge in [0.2, 0.25) is 0 Å². The van der Waals surface area contributed by atoms with E-state index in [4.69, 9.17) is 14.2 Å². The van der Waals surface area contributed by atoms with Crippen LogP contribution in [0.25, 0.3) is 0 Å². The maximum absolute atomic E-state index is 12.7. The molecule has 0 amide bonds. The van der Waals surface area contributed by atoms with E-state index >= 15 is 0 Å². The van der Waals surface area contributed by atoms with E-state index in [9.17, 15) is 19.5 Å². The predicted octanol–water partition coefficient (Wildman–Crippen LogP) is 13.6. The first-order chi connectivity index (χ1) is 28.6. The summed E-state index contributed by atoms with van der Waals surface area (Å²) in [5.74, 6) is -1.50. The minimum atomic E-state index is -0.880. The third kappa shape index (κ3) is 40.5. The fraction of sp³-hybridized carbons (Fsp3) is 0.784. The number of hydrogen-bond acceptors (Lipinski definition) is 6. The van der Waals surface area contributed by atoms with Crippen molar-refractivity contribution >= 4 is 17.9 Å². The highest BCUT2D eigenvalue weighted by Crippen LogP contribution is 2.15. The quantitative estimate of drug-likeness (QED) is 0.0215. The topological polar surface area (TPSA) is 99.1 Å². The number of rotatable bonds is 43. The lowest BCUT2D eigenvalue weighted by Crippen LogP contribution is -2.50. The van der Waals surface area contributed by atoms with Gasteiger partial charge in [-0.2, -0.15) is 0 Å². The molecule has 0 saturated heterocycles. The van der Waals surface area contributed by atoms with Crippen molar-refractivity contribution in [1.29, 1.82) is 0 Å². The fourth-order valence-corrected chi connectivity index (χ4v) is 7.03. The Hall–Kier alpha value is -2.71. The minimum Gasteiger partial charge on any atom is -0.477 e. The molecule has 0 aromatic heterocycles. The van der Waals surface area contributed by atoms with Gasteiger partial charge in [-0.1, -0.05) is 178 Å². The van der Waals surface area contributed by atoms with Gasteiger partial charge in [0.1, 0.15) is 6.61 Å². The summed E-state index contributed by atoms with van der Waals surface area (Å²) in [6.45, 7) is 4.59. The van der Waals surface area contributed by atoms with Crippen LogP contribution in [0.5, 0.6) is 0 Å². The maximum Gasteiger partial charge on any atom is 0.362 e. The Morgan fingerprint density at radius 2 is 0.966 bits per heavy atom. The average molecular weight is 831 g/mol. The zero-order chi connectivity index (χ0) is 43.5. The van der Waals surface area contributed by atoms with Crippen molar-refractivity contribution in [3.05, 3.63) is 48.6 Å². The lowest BCUT2D eigenvalue weighted by molar-refractivity contribution is -0.887. The molecule has 0 spiro atoms. The number of carbonyl (C=O) groups excluding carboxylic acids is 2. The SMILES string of the molecule is CC/C=C/C=C/C=C/CCCCCCCC(=O)OC(COCCC(C(=O)O)[N+](C)(C)C)COC(=O)CCCCCCCCC/C=C/CCCCCCCCCCCCC. The molecule has 0 heterocycles. The van der Waals surface area contributed by atoms with E-state index in [0.717, 1.165) is 64.2 Å². The lowest BCUT2D eigenvalue weighted by Gasteiger charge is -2.31. The van der Waals surface area contributed by atoms with Crippen LogP contribution in [0.4, 0.5) is 0 Å². The van der Waals surface area contributed by atoms with Crippen LogP contribution in [-0.2, 0) is 28.6 Å². The number of carbonyl (C=O) groups is 3. The van der Waals surface area contributed by atoms with Crippen molar-refractivity contribution in [1.82, 2.24) is 0 Å². The standard InChI is InChI=1S/C51H91NO7/c1-6-8-10-12-14-16-18-20-21-22-23-24-25-26-27-28-30-31-33-35-37-39-41-49(53)58-46-47(45-57-44-43-48(51(55)56)52(3,4)5)59-50(54)42-40-38-36-34-32-29-19-17-15-13-11-9-7-2/h9,11,13,15,17,19,25-26,47-48H,6-8,10,12,14,16,18,20-24,27-46H2,1-5H3/p+1/b11-9+,15-13+,19-17+,26-25+. The van der Waals surface area contributed by atoms with E-state index < -0.39 is 18.1 Å². The van der Waals surface area contributed by atoms with Gasteiger partial charge in [-0.3, -0.25) is 9.59 Å². The van der Waals surface area contributed by atoms with Crippen molar-refractivity contribution < 1.29 is 38.2 Å². The molecular weight excluding hydrogens is 739 g/mol. The van der Waals surface area contributed by atoms with Crippen LogP contribution in [-0.4, -0.2) is 80.6 Å². The van der Waals surface area contributed by atoms with Crippen molar-refractivity contribution in [3.63, 3.8) is 0 Å². The molecule has 0 radical (unpaired) electrons. The van der Waals surface area contributed by atoms with Crippen LogP contribution < -0.4 is 0 Å². The van der Waals surface area contributed by atoms with Crippen LogP contribution in [0.3, 0.4) is 0 Å². The van der Waals surface area contributed by atoms with E-state index in [0.29, 0.717) is 19.3 Å². The van der Waals surface area contributed by atoms with Crippen LogP contribution in [0.15, 0.2) is 48.6 Å². The molecule has 0 saturated carbocycles. The molecule has 59 heavy (non-hydrogen) atoms. The second kappa shape index (κ2) is 42.0. The maximum atomic E-state index is 12.7. The van der Waals surface area contributed by atoms with Crippen LogP contribution in [0.2, 0.25) is 0 Å². The Bertz CT molecular complexity index is 1110. The van der Waals surface area contributed by atoms with Gasteiger partial charge >= 0.3 is 17.9 Å². The molecule has 0 aliphatic rings. The summed E-state index contributed by atoms with van der Waals surface area (Å²) in [6, 6.07) is -0.620. The number of esters is 2. The molecule has 2 unspecified atom stereocenters. The molecule has 0 aliphatic carbocycles. The first-order valence-electron chi connectivity index (χ1n) is 24.2. The molecule has 342 valence electrons.